The highest BCUT2D eigenvalue weighted by atomic mass is 32.2. The Kier molecular flexibility index (Phi) is 7.62. The van der Waals surface area contributed by atoms with Crippen molar-refractivity contribution in [3.05, 3.63) is 54.9 Å². The number of nitrogens with one attached hydrogen (secondary N) is 1. The van der Waals surface area contributed by atoms with Gasteiger partial charge in [0.15, 0.2) is 11.5 Å². The molecule has 0 spiro atoms. The van der Waals surface area contributed by atoms with E-state index in [2.05, 4.69) is 10.3 Å². The largest absolute Gasteiger partial charge is 0.493 e. The third kappa shape index (κ3) is 5.16. The molecule has 0 saturated heterocycles. The second-order valence-corrected chi connectivity index (χ2v) is 8.71. The highest BCUT2D eigenvalue weighted by molar-refractivity contribution is 7.89. The first-order valence-corrected chi connectivity index (χ1v) is 11.2. The van der Waals surface area contributed by atoms with Crippen molar-refractivity contribution in [2.75, 3.05) is 46.3 Å². The molecular formula is C22H25N3O6S. The van der Waals surface area contributed by atoms with E-state index in [-0.39, 0.29) is 24.6 Å². The second kappa shape index (κ2) is 10.4. The highest BCUT2D eigenvalue weighted by Gasteiger charge is 2.28. The van der Waals surface area contributed by atoms with Gasteiger partial charge in [0.2, 0.25) is 15.9 Å². The van der Waals surface area contributed by atoms with E-state index in [1.54, 1.807) is 42.6 Å². The fraction of sp³-hybridized carbons (Fsp3) is 0.273. The van der Waals surface area contributed by atoms with Crippen molar-refractivity contribution >= 4 is 32.4 Å². The summed E-state index contributed by atoms with van der Waals surface area (Å²) in [6, 6.07) is 11.5. The summed E-state index contributed by atoms with van der Waals surface area (Å²) in [5.74, 6) is 0.456. The van der Waals surface area contributed by atoms with Crippen LogP contribution in [0, 0.1) is 0 Å². The minimum Gasteiger partial charge on any atom is -0.493 e. The Morgan fingerprint density at radius 1 is 1.06 bits per heavy atom. The SMILES string of the molecule is COCCN(CC(=O)Nc1ccc(OC)c(OC)c1)S(=O)(=O)c1cccc2cnccc12. The van der Waals surface area contributed by atoms with Crippen molar-refractivity contribution in [1.82, 2.24) is 9.29 Å². The molecular weight excluding hydrogens is 434 g/mol. The van der Waals surface area contributed by atoms with Crippen molar-refractivity contribution in [3.63, 3.8) is 0 Å². The average molecular weight is 460 g/mol. The number of rotatable bonds is 10. The van der Waals surface area contributed by atoms with Crippen molar-refractivity contribution < 1.29 is 27.4 Å². The van der Waals surface area contributed by atoms with Crippen LogP contribution in [0.25, 0.3) is 10.8 Å². The van der Waals surface area contributed by atoms with Crippen LogP contribution in [0.3, 0.4) is 0 Å². The summed E-state index contributed by atoms with van der Waals surface area (Å²) in [5.41, 5.74) is 0.452. The van der Waals surface area contributed by atoms with Crippen molar-refractivity contribution in [3.8, 4) is 11.5 Å². The van der Waals surface area contributed by atoms with E-state index in [9.17, 15) is 13.2 Å². The zero-order valence-electron chi connectivity index (χ0n) is 18.1. The second-order valence-electron chi connectivity index (χ2n) is 6.80. The summed E-state index contributed by atoms with van der Waals surface area (Å²) >= 11 is 0. The lowest BCUT2D eigenvalue weighted by Crippen LogP contribution is -2.40. The van der Waals surface area contributed by atoms with Crippen molar-refractivity contribution in [2.45, 2.75) is 4.90 Å². The Labute approximate surface area is 187 Å². The number of hydrogen-bond acceptors (Lipinski definition) is 7. The number of carbonyl (C=O) groups excluding carboxylic acids is 1. The minimum absolute atomic E-state index is 0.0135. The molecule has 0 aliphatic heterocycles. The maximum atomic E-state index is 13.5. The number of nitrogens with zero attached hydrogens (tertiary/aromatic N) is 2. The number of methoxy groups -OCH3 is 3. The third-order valence-electron chi connectivity index (χ3n) is 4.79. The van der Waals surface area contributed by atoms with Crippen LogP contribution in [0.15, 0.2) is 59.8 Å². The number of amides is 1. The van der Waals surface area contributed by atoms with Gasteiger partial charge in [-0.1, -0.05) is 12.1 Å². The van der Waals surface area contributed by atoms with Gasteiger partial charge in [-0.3, -0.25) is 9.78 Å². The number of aromatic nitrogens is 1. The zero-order chi connectivity index (χ0) is 23.1. The number of sulfonamides is 1. The lowest BCUT2D eigenvalue weighted by atomic mass is 10.2. The lowest BCUT2D eigenvalue weighted by Gasteiger charge is -2.22. The molecule has 0 unspecified atom stereocenters. The molecule has 1 aromatic heterocycles. The van der Waals surface area contributed by atoms with Gasteiger partial charge in [-0.15, -0.1) is 0 Å². The molecule has 0 saturated carbocycles. The van der Waals surface area contributed by atoms with Crippen LogP contribution in [0.5, 0.6) is 11.5 Å². The van der Waals surface area contributed by atoms with Gasteiger partial charge in [0, 0.05) is 48.6 Å². The Morgan fingerprint density at radius 3 is 2.56 bits per heavy atom. The fourth-order valence-electron chi connectivity index (χ4n) is 3.21. The summed E-state index contributed by atoms with van der Waals surface area (Å²) in [7, 11) is 0.480. The van der Waals surface area contributed by atoms with E-state index in [1.165, 1.54) is 33.6 Å². The maximum Gasteiger partial charge on any atom is 0.244 e. The van der Waals surface area contributed by atoms with Crippen LogP contribution in [-0.2, 0) is 19.6 Å². The summed E-state index contributed by atoms with van der Waals surface area (Å²) in [5, 5.41) is 3.93. The minimum atomic E-state index is -3.99. The van der Waals surface area contributed by atoms with Crippen molar-refractivity contribution in [2.24, 2.45) is 0 Å². The van der Waals surface area contributed by atoms with Gasteiger partial charge in [0.1, 0.15) is 0 Å². The molecule has 3 rings (SSSR count). The first-order valence-electron chi connectivity index (χ1n) is 9.74. The fourth-order valence-corrected chi connectivity index (χ4v) is 4.80. The highest BCUT2D eigenvalue weighted by Crippen LogP contribution is 2.30. The van der Waals surface area contributed by atoms with Crippen LogP contribution in [0.1, 0.15) is 0 Å². The molecule has 9 nitrogen and oxygen atoms in total. The molecule has 1 amide bonds. The van der Waals surface area contributed by atoms with Gasteiger partial charge in [-0.2, -0.15) is 4.31 Å². The van der Waals surface area contributed by atoms with Crippen molar-refractivity contribution in [1.29, 1.82) is 0 Å². The van der Waals surface area contributed by atoms with E-state index in [1.807, 2.05) is 0 Å². The molecule has 10 heteroatoms. The predicted molar refractivity (Wildman–Crippen MR) is 121 cm³/mol. The Morgan fingerprint density at radius 2 is 1.84 bits per heavy atom. The van der Waals surface area contributed by atoms with E-state index < -0.39 is 15.9 Å². The molecule has 0 atom stereocenters. The zero-order valence-corrected chi connectivity index (χ0v) is 18.9. The molecule has 0 radical (unpaired) electrons. The van der Waals surface area contributed by atoms with Crippen LogP contribution in [0.4, 0.5) is 5.69 Å². The molecule has 2 aromatic carbocycles. The van der Waals surface area contributed by atoms with Gasteiger partial charge in [0.25, 0.3) is 0 Å². The predicted octanol–water partition coefficient (Wildman–Crippen LogP) is 2.53. The smallest absolute Gasteiger partial charge is 0.244 e. The van der Waals surface area contributed by atoms with Crippen LogP contribution >= 0.6 is 0 Å². The van der Waals surface area contributed by atoms with E-state index in [4.69, 9.17) is 14.2 Å². The number of pyridine rings is 1. The monoisotopic (exact) mass is 459 g/mol. The first-order chi connectivity index (χ1) is 15.4. The van der Waals surface area contributed by atoms with Crippen LogP contribution in [-0.4, -0.2) is 64.6 Å². The summed E-state index contributed by atoms with van der Waals surface area (Å²) in [4.78, 5) is 16.9. The lowest BCUT2D eigenvalue weighted by molar-refractivity contribution is -0.116. The maximum absolute atomic E-state index is 13.5. The van der Waals surface area contributed by atoms with E-state index in [0.29, 0.717) is 28.0 Å². The standard InChI is InChI=1S/C22H25N3O6S/c1-29-12-11-25(15-22(26)24-17-7-8-19(30-2)20(13-17)31-3)32(27,28)21-6-4-5-16-14-23-10-9-18(16)21/h4-10,13-14H,11-12,15H2,1-3H3,(H,24,26). The Bertz CT molecular complexity index is 1190. The van der Waals surface area contributed by atoms with Crippen LogP contribution < -0.4 is 14.8 Å². The summed E-state index contributed by atoms with van der Waals surface area (Å²) in [6.07, 6.45) is 3.13. The number of ether oxygens (including phenoxy) is 3. The molecule has 1 N–H and O–H groups in total. The van der Waals surface area contributed by atoms with E-state index in [0.717, 1.165) is 4.31 Å². The average Bonchev–Trinajstić information content (AvgIpc) is 2.81. The molecule has 32 heavy (non-hydrogen) atoms. The number of anilines is 1. The normalized spacial score (nSPS) is 11.5. The molecule has 1 heterocycles. The number of benzene rings is 2. The summed E-state index contributed by atoms with van der Waals surface area (Å²) < 4.78 is 43.5. The van der Waals surface area contributed by atoms with Gasteiger partial charge < -0.3 is 19.5 Å². The molecule has 0 aliphatic carbocycles. The number of hydrogen-bond donors (Lipinski definition) is 1. The topological polar surface area (TPSA) is 107 Å². The third-order valence-corrected chi connectivity index (χ3v) is 6.69. The summed E-state index contributed by atoms with van der Waals surface area (Å²) in [6.45, 7) is -0.240. The molecule has 170 valence electrons. The van der Waals surface area contributed by atoms with Gasteiger partial charge >= 0.3 is 0 Å². The molecule has 0 fully saturated rings. The number of carbonyl (C=O) groups is 1. The number of fused-ring (bicyclic) bond motifs is 1. The molecule has 0 bridgehead atoms. The van der Waals surface area contributed by atoms with Gasteiger partial charge in [-0.25, -0.2) is 8.42 Å². The Balaban J connectivity index is 1.87. The first kappa shape index (κ1) is 23.5. The van der Waals surface area contributed by atoms with Gasteiger partial charge in [0.05, 0.1) is 32.3 Å². The van der Waals surface area contributed by atoms with Crippen LogP contribution in [0.2, 0.25) is 0 Å². The molecule has 3 aromatic rings. The van der Waals surface area contributed by atoms with E-state index >= 15 is 0 Å². The Hall–Kier alpha value is -3.21. The molecule has 0 aliphatic rings. The quantitative estimate of drug-likeness (QED) is 0.496. The van der Waals surface area contributed by atoms with Gasteiger partial charge in [-0.05, 0) is 24.3 Å².